The summed E-state index contributed by atoms with van der Waals surface area (Å²) in [6.45, 7) is 7.74. The number of Topliss-reactive ketones (excluding diaryl/α,β-unsaturated/α-hetero) is 1. The van der Waals surface area contributed by atoms with Crippen molar-refractivity contribution < 1.29 is 9.59 Å². The minimum absolute atomic E-state index is 0.147. The Labute approximate surface area is 159 Å². The second-order valence-electron chi connectivity index (χ2n) is 8.01. The van der Waals surface area contributed by atoms with Crippen molar-refractivity contribution in [2.45, 2.75) is 38.6 Å². The number of rotatable bonds is 2. The van der Waals surface area contributed by atoms with Gasteiger partial charge < -0.3 is 21.3 Å². The van der Waals surface area contributed by atoms with Gasteiger partial charge in [-0.1, -0.05) is 0 Å². The first kappa shape index (κ1) is 18.8. The zero-order chi connectivity index (χ0) is 20.0. The van der Waals surface area contributed by atoms with Gasteiger partial charge in [0, 0.05) is 29.8 Å². The molecule has 0 saturated carbocycles. The summed E-state index contributed by atoms with van der Waals surface area (Å²) in [4.78, 5) is 27.3. The number of ketones is 1. The van der Waals surface area contributed by atoms with Gasteiger partial charge in [-0.05, 0) is 75.7 Å². The number of urea groups is 1. The van der Waals surface area contributed by atoms with Gasteiger partial charge >= 0.3 is 6.03 Å². The van der Waals surface area contributed by atoms with Crippen LogP contribution in [0.4, 0.5) is 27.5 Å². The minimum atomic E-state index is -0.642. The Bertz CT molecular complexity index is 901. The Morgan fingerprint density at radius 3 is 2.15 bits per heavy atom. The van der Waals surface area contributed by atoms with E-state index >= 15 is 0 Å². The van der Waals surface area contributed by atoms with Crippen LogP contribution in [-0.4, -0.2) is 24.4 Å². The number of carbonyl (C=O) groups is 2. The Kier molecular flexibility index (Phi) is 4.38. The maximum atomic E-state index is 13.0. The lowest BCUT2D eigenvalue weighted by Crippen LogP contribution is -2.58. The third-order valence-electron chi connectivity index (χ3n) is 5.42. The molecule has 0 fully saturated rings. The number of anilines is 4. The molecule has 6 heteroatoms. The van der Waals surface area contributed by atoms with Crippen molar-refractivity contribution in [3.8, 4) is 0 Å². The molecule has 0 aromatic heterocycles. The quantitative estimate of drug-likeness (QED) is 0.701. The van der Waals surface area contributed by atoms with Crippen LogP contribution in [0, 0.1) is 0 Å². The highest BCUT2D eigenvalue weighted by atomic mass is 16.2. The number of benzene rings is 2. The summed E-state index contributed by atoms with van der Waals surface area (Å²) in [5.74, 6) is 0.147. The molecule has 27 heavy (non-hydrogen) atoms. The first-order chi connectivity index (χ1) is 12.5. The molecule has 142 valence electrons. The highest BCUT2D eigenvalue weighted by Crippen LogP contribution is 2.44. The molecule has 2 amide bonds. The summed E-state index contributed by atoms with van der Waals surface area (Å²) >= 11 is 0. The second kappa shape index (κ2) is 6.30. The number of nitrogen functional groups attached to an aromatic ring is 1. The first-order valence-corrected chi connectivity index (χ1v) is 8.90. The molecule has 0 saturated heterocycles. The molecule has 1 heterocycles. The zero-order valence-electron chi connectivity index (χ0n) is 16.4. The first-order valence-electron chi connectivity index (χ1n) is 8.90. The van der Waals surface area contributed by atoms with Gasteiger partial charge in [0.2, 0.25) is 0 Å². The molecule has 2 aromatic rings. The molecule has 0 aliphatic carbocycles. The molecule has 3 rings (SSSR count). The van der Waals surface area contributed by atoms with E-state index in [1.54, 1.807) is 24.3 Å². The number of nitrogens with two attached hydrogens (primary N) is 1. The molecule has 0 spiro atoms. The molecule has 0 atom stereocenters. The predicted molar refractivity (Wildman–Crippen MR) is 110 cm³/mol. The number of fused-ring (bicyclic) bond motifs is 1. The second-order valence-corrected chi connectivity index (χ2v) is 8.01. The highest BCUT2D eigenvalue weighted by molar-refractivity contribution is 6.04. The average molecular weight is 366 g/mol. The Morgan fingerprint density at radius 2 is 1.52 bits per heavy atom. The van der Waals surface area contributed by atoms with Crippen molar-refractivity contribution in [2.24, 2.45) is 0 Å². The molecule has 0 unspecified atom stereocenters. The zero-order valence-corrected chi connectivity index (χ0v) is 16.4. The molecule has 1 aliphatic rings. The number of nitrogens with zero attached hydrogens (tertiary/aromatic N) is 1. The summed E-state index contributed by atoms with van der Waals surface area (Å²) in [7, 11) is 1.92. The van der Waals surface area contributed by atoms with E-state index in [1.165, 1.54) is 0 Å². The monoisotopic (exact) mass is 366 g/mol. The van der Waals surface area contributed by atoms with Gasteiger partial charge in [-0.2, -0.15) is 0 Å². The normalized spacial score (nSPS) is 17.2. The van der Waals surface area contributed by atoms with Crippen LogP contribution in [0.5, 0.6) is 0 Å². The van der Waals surface area contributed by atoms with Crippen LogP contribution in [0.1, 0.15) is 33.3 Å². The molecule has 0 radical (unpaired) electrons. The minimum Gasteiger partial charge on any atom is -0.399 e. The van der Waals surface area contributed by atoms with Gasteiger partial charge in [0.25, 0.3) is 0 Å². The number of amides is 2. The van der Waals surface area contributed by atoms with Gasteiger partial charge in [-0.15, -0.1) is 0 Å². The van der Waals surface area contributed by atoms with Crippen LogP contribution in [0.2, 0.25) is 0 Å². The van der Waals surface area contributed by atoms with E-state index in [-0.39, 0.29) is 11.8 Å². The third-order valence-corrected chi connectivity index (χ3v) is 5.42. The van der Waals surface area contributed by atoms with Crippen molar-refractivity contribution in [3.63, 3.8) is 0 Å². The fraction of sp³-hybridized carbons (Fsp3) is 0.333. The Morgan fingerprint density at radius 1 is 0.963 bits per heavy atom. The van der Waals surface area contributed by atoms with Crippen molar-refractivity contribution >= 4 is 34.6 Å². The van der Waals surface area contributed by atoms with Crippen LogP contribution in [0.25, 0.3) is 0 Å². The van der Waals surface area contributed by atoms with Gasteiger partial charge in [-0.3, -0.25) is 4.79 Å². The SMILES string of the molecule is CN1c2ccc(NC(=O)Nc3ccc(N)cc3)cc2C(C)(C)C(=O)C1(C)C. The van der Waals surface area contributed by atoms with Crippen molar-refractivity contribution in [1.82, 2.24) is 0 Å². The largest absolute Gasteiger partial charge is 0.399 e. The summed E-state index contributed by atoms with van der Waals surface area (Å²) in [6.07, 6.45) is 0. The van der Waals surface area contributed by atoms with Crippen LogP contribution >= 0.6 is 0 Å². The van der Waals surface area contributed by atoms with E-state index in [1.807, 2.05) is 57.8 Å². The van der Waals surface area contributed by atoms with Crippen molar-refractivity contribution in [2.75, 3.05) is 28.3 Å². The smallest absolute Gasteiger partial charge is 0.323 e. The Balaban J connectivity index is 1.85. The number of nitrogens with one attached hydrogen (secondary N) is 2. The lowest BCUT2D eigenvalue weighted by molar-refractivity contribution is -0.128. The van der Waals surface area contributed by atoms with Gasteiger partial charge in [0.15, 0.2) is 5.78 Å². The molecule has 4 N–H and O–H groups in total. The van der Waals surface area contributed by atoms with E-state index in [2.05, 4.69) is 10.6 Å². The number of carbonyl (C=O) groups excluding carboxylic acids is 2. The number of hydrogen-bond donors (Lipinski definition) is 3. The van der Waals surface area contributed by atoms with E-state index < -0.39 is 11.0 Å². The van der Waals surface area contributed by atoms with Gasteiger partial charge in [0.1, 0.15) is 0 Å². The fourth-order valence-electron chi connectivity index (χ4n) is 3.61. The summed E-state index contributed by atoms with van der Waals surface area (Å²) in [6, 6.07) is 12.2. The fourth-order valence-corrected chi connectivity index (χ4v) is 3.61. The predicted octanol–water partition coefficient (Wildman–Crippen LogP) is 3.99. The van der Waals surface area contributed by atoms with E-state index in [9.17, 15) is 9.59 Å². The lowest BCUT2D eigenvalue weighted by Gasteiger charge is -2.48. The molecule has 1 aliphatic heterocycles. The lowest BCUT2D eigenvalue weighted by atomic mass is 9.69. The van der Waals surface area contributed by atoms with Crippen molar-refractivity contribution in [1.29, 1.82) is 0 Å². The average Bonchev–Trinajstić information content (AvgIpc) is 2.61. The third kappa shape index (κ3) is 3.23. The topological polar surface area (TPSA) is 87.5 Å². The highest BCUT2D eigenvalue weighted by Gasteiger charge is 2.48. The number of hydrogen-bond acceptors (Lipinski definition) is 4. The maximum absolute atomic E-state index is 13.0. The van der Waals surface area contributed by atoms with Crippen LogP contribution < -0.4 is 21.3 Å². The van der Waals surface area contributed by atoms with Gasteiger partial charge in [0.05, 0.1) is 11.0 Å². The maximum Gasteiger partial charge on any atom is 0.323 e. The molecule has 6 nitrogen and oxygen atoms in total. The molecule has 0 bridgehead atoms. The van der Waals surface area contributed by atoms with E-state index in [0.717, 1.165) is 11.3 Å². The molecule has 2 aromatic carbocycles. The van der Waals surface area contributed by atoms with Crippen molar-refractivity contribution in [3.05, 3.63) is 48.0 Å². The van der Waals surface area contributed by atoms with E-state index in [0.29, 0.717) is 17.1 Å². The van der Waals surface area contributed by atoms with Crippen LogP contribution in [0.15, 0.2) is 42.5 Å². The summed E-state index contributed by atoms with van der Waals surface area (Å²) in [5.41, 5.74) is 8.24. The summed E-state index contributed by atoms with van der Waals surface area (Å²) in [5, 5.41) is 5.60. The van der Waals surface area contributed by atoms with E-state index in [4.69, 9.17) is 5.73 Å². The van der Waals surface area contributed by atoms with Crippen LogP contribution in [-0.2, 0) is 10.2 Å². The van der Waals surface area contributed by atoms with Crippen LogP contribution in [0.3, 0.4) is 0 Å². The van der Waals surface area contributed by atoms with Gasteiger partial charge in [-0.25, -0.2) is 4.79 Å². The number of likely N-dealkylation sites (N-methyl/N-ethyl adjacent to an activating group) is 1. The molecular formula is C21H26N4O2. The Hall–Kier alpha value is -3.02. The summed E-state index contributed by atoms with van der Waals surface area (Å²) < 4.78 is 0. The molecular weight excluding hydrogens is 340 g/mol. The standard InChI is InChI=1S/C21H26N4O2/c1-20(2)16-12-15(10-11-17(16)25(5)21(3,4)18(20)26)24-19(27)23-14-8-6-13(22)7-9-14/h6-12H,22H2,1-5H3,(H2,23,24,27).